The van der Waals surface area contributed by atoms with Gasteiger partial charge in [0.05, 0.1) is 22.9 Å². The first-order valence-electron chi connectivity index (χ1n) is 12.4. The number of halogens is 2. The van der Waals surface area contributed by atoms with Gasteiger partial charge >= 0.3 is 6.01 Å². The predicted molar refractivity (Wildman–Crippen MR) is 135 cm³/mol. The van der Waals surface area contributed by atoms with Crippen LogP contribution in [0.4, 0.5) is 26.3 Å². The normalized spacial score (nSPS) is 14.2. The molecule has 1 aliphatic carbocycles. The zero-order chi connectivity index (χ0) is 27.0. The van der Waals surface area contributed by atoms with Gasteiger partial charge < -0.3 is 25.5 Å². The van der Waals surface area contributed by atoms with Crippen molar-refractivity contribution in [2.75, 3.05) is 17.2 Å². The molecule has 11 nitrogen and oxygen atoms in total. The highest BCUT2D eigenvalue weighted by Crippen LogP contribution is 2.37. The maximum absolute atomic E-state index is 14.8. The highest BCUT2D eigenvalue weighted by Gasteiger charge is 2.27. The van der Waals surface area contributed by atoms with E-state index in [0.717, 1.165) is 24.5 Å². The van der Waals surface area contributed by atoms with Crippen LogP contribution >= 0.6 is 0 Å². The van der Waals surface area contributed by atoms with Crippen molar-refractivity contribution in [3.8, 4) is 11.5 Å². The molecule has 0 aliphatic heterocycles. The molecule has 0 saturated heterocycles. The molecule has 0 bridgehead atoms. The van der Waals surface area contributed by atoms with Gasteiger partial charge in [-0.05, 0) is 43.7 Å². The smallest absolute Gasteiger partial charge is 0.315 e. The van der Waals surface area contributed by atoms with Gasteiger partial charge in [0.2, 0.25) is 0 Å². The van der Waals surface area contributed by atoms with Crippen LogP contribution in [-0.2, 0) is 0 Å². The molecule has 1 fully saturated rings. The Labute approximate surface area is 216 Å². The Bertz CT molecular complexity index is 1480. The number of anilines is 3. The van der Waals surface area contributed by atoms with E-state index >= 15 is 0 Å². The number of hydrogen-bond donors (Lipinski definition) is 4. The van der Waals surface area contributed by atoms with Crippen molar-refractivity contribution in [3.05, 3.63) is 47.4 Å². The van der Waals surface area contributed by atoms with E-state index in [-0.39, 0.29) is 40.9 Å². The number of aliphatic hydroxyl groups is 1. The molecule has 4 N–H and O–H groups in total. The Balaban J connectivity index is 1.50. The molecule has 13 heteroatoms. The van der Waals surface area contributed by atoms with E-state index in [1.54, 1.807) is 17.6 Å². The standard InChI is InChI=1S/C25H28F2N8O3/c1-12(2)20-16(24-33-34-25(38-24)28-7-6-13(3)36)10-35-21(20)22(29-11-30-35)32-19-8-15(17(26)9-18(19)27)23(37)31-14-4-5-14/h8-14,36H,4-7H2,1-3H3,(H,28,34)(H,31,37)(H,29,30,32). The molecule has 1 aliphatic rings. The summed E-state index contributed by atoms with van der Waals surface area (Å²) >= 11 is 0. The molecule has 4 aromatic rings. The quantitative estimate of drug-likeness (QED) is 0.241. The summed E-state index contributed by atoms with van der Waals surface area (Å²) in [6.07, 6.45) is 4.73. The van der Waals surface area contributed by atoms with Crippen molar-refractivity contribution < 1.29 is 23.1 Å². The molecule has 5 rings (SSSR count). The lowest BCUT2D eigenvalue weighted by atomic mass is 10.00. The number of aliphatic hydroxyl groups excluding tert-OH is 1. The molecule has 0 spiro atoms. The van der Waals surface area contributed by atoms with Gasteiger partial charge in [-0.25, -0.2) is 18.3 Å². The second-order valence-corrected chi connectivity index (χ2v) is 9.67. The number of amides is 1. The molecule has 1 unspecified atom stereocenters. The van der Waals surface area contributed by atoms with Crippen molar-refractivity contribution in [1.82, 2.24) is 30.1 Å². The first-order valence-corrected chi connectivity index (χ1v) is 12.4. The molecule has 0 radical (unpaired) electrons. The van der Waals surface area contributed by atoms with Crippen LogP contribution in [0.25, 0.3) is 17.0 Å². The summed E-state index contributed by atoms with van der Waals surface area (Å²) in [5.41, 5.74) is 1.55. The average Bonchev–Trinajstić information content (AvgIpc) is 3.38. The summed E-state index contributed by atoms with van der Waals surface area (Å²) in [5.74, 6) is -1.97. The van der Waals surface area contributed by atoms with Gasteiger partial charge in [0.15, 0.2) is 5.82 Å². The summed E-state index contributed by atoms with van der Waals surface area (Å²) in [7, 11) is 0. The largest absolute Gasteiger partial charge is 0.403 e. The van der Waals surface area contributed by atoms with Crippen LogP contribution in [0.5, 0.6) is 0 Å². The SMILES string of the molecule is CC(O)CCNc1nnc(-c2cn3ncnc(Nc4cc(C(=O)NC5CC5)c(F)cc4F)c3c2C(C)C)o1. The molecule has 3 heterocycles. The van der Waals surface area contributed by atoms with Gasteiger partial charge in [0.25, 0.3) is 11.8 Å². The van der Waals surface area contributed by atoms with E-state index in [1.165, 1.54) is 6.33 Å². The van der Waals surface area contributed by atoms with Crippen LogP contribution in [0.2, 0.25) is 0 Å². The molecule has 1 saturated carbocycles. The number of rotatable bonds is 10. The van der Waals surface area contributed by atoms with Crippen LogP contribution < -0.4 is 16.0 Å². The maximum atomic E-state index is 14.8. The summed E-state index contributed by atoms with van der Waals surface area (Å²) in [6, 6.07) is 2.06. The molecular weight excluding hydrogens is 498 g/mol. The number of nitrogens with zero attached hydrogens (tertiary/aromatic N) is 5. The third-order valence-electron chi connectivity index (χ3n) is 6.15. The van der Waals surface area contributed by atoms with Crippen molar-refractivity contribution in [1.29, 1.82) is 0 Å². The minimum absolute atomic E-state index is 0.0243. The highest BCUT2D eigenvalue weighted by molar-refractivity contribution is 5.96. The van der Waals surface area contributed by atoms with Crippen LogP contribution in [0.15, 0.2) is 29.1 Å². The monoisotopic (exact) mass is 526 g/mol. The van der Waals surface area contributed by atoms with Gasteiger partial charge in [0, 0.05) is 24.8 Å². The Kier molecular flexibility index (Phi) is 6.93. The van der Waals surface area contributed by atoms with E-state index in [9.17, 15) is 18.7 Å². The number of aromatic nitrogens is 5. The van der Waals surface area contributed by atoms with Crippen molar-refractivity contribution >= 4 is 28.9 Å². The number of benzene rings is 1. The fraction of sp³-hybridized carbons (Fsp3) is 0.400. The Hall–Kier alpha value is -4.13. The van der Waals surface area contributed by atoms with Gasteiger partial charge in [-0.1, -0.05) is 18.9 Å². The fourth-order valence-electron chi connectivity index (χ4n) is 4.11. The van der Waals surface area contributed by atoms with Gasteiger partial charge in [0.1, 0.15) is 23.5 Å². The molecule has 1 atom stereocenters. The number of nitrogens with one attached hydrogen (secondary N) is 3. The third-order valence-corrected chi connectivity index (χ3v) is 6.15. The lowest BCUT2D eigenvalue weighted by Crippen LogP contribution is -2.26. The highest BCUT2D eigenvalue weighted by atomic mass is 19.1. The second kappa shape index (κ2) is 10.3. The molecule has 1 aromatic carbocycles. The van der Waals surface area contributed by atoms with Crippen LogP contribution in [0.1, 0.15) is 61.9 Å². The lowest BCUT2D eigenvalue weighted by Gasteiger charge is -2.13. The first-order chi connectivity index (χ1) is 18.2. The van der Waals surface area contributed by atoms with Crippen molar-refractivity contribution in [2.24, 2.45) is 0 Å². The lowest BCUT2D eigenvalue weighted by molar-refractivity contribution is 0.0947. The first kappa shape index (κ1) is 25.5. The van der Waals surface area contributed by atoms with Crippen LogP contribution in [0, 0.1) is 11.6 Å². The summed E-state index contributed by atoms with van der Waals surface area (Å²) in [6.45, 7) is 6.08. The van der Waals surface area contributed by atoms with Crippen molar-refractivity contribution in [3.63, 3.8) is 0 Å². The minimum Gasteiger partial charge on any atom is -0.403 e. The van der Waals surface area contributed by atoms with Crippen molar-refractivity contribution in [2.45, 2.75) is 58.1 Å². The summed E-state index contributed by atoms with van der Waals surface area (Å²) in [4.78, 5) is 16.8. The van der Waals surface area contributed by atoms with E-state index in [1.807, 2.05) is 13.8 Å². The Morgan fingerprint density at radius 3 is 2.71 bits per heavy atom. The van der Waals surface area contributed by atoms with E-state index in [0.29, 0.717) is 30.1 Å². The summed E-state index contributed by atoms with van der Waals surface area (Å²) < 4.78 is 36.6. The number of carbonyl (C=O) groups excluding carboxylic acids is 1. The molecule has 38 heavy (non-hydrogen) atoms. The third kappa shape index (κ3) is 5.28. The second-order valence-electron chi connectivity index (χ2n) is 9.67. The molecule has 3 aromatic heterocycles. The molecular formula is C25H28F2N8O3. The van der Waals surface area contributed by atoms with Crippen LogP contribution in [0.3, 0.4) is 0 Å². The van der Waals surface area contributed by atoms with Gasteiger partial charge in [-0.2, -0.15) is 5.10 Å². The predicted octanol–water partition coefficient (Wildman–Crippen LogP) is 4.00. The Morgan fingerprint density at radius 1 is 1.21 bits per heavy atom. The zero-order valence-electron chi connectivity index (χ0n) is 21.1. The van der Waals surface area contributed by atoms with Gasteiger partial charge in [-0.15, -0.1) is 5.10 Å². The number of fused-ring (bicyclic) bond motifs is 1. The van der Waals surface area contributed by atoms with E-state index in [2.05, 4.69) is 36.2 Å². The summed E-state index contributed by atoms with van der Waals surface area (Å²) in [5, 5.41) is 30.5. The molecule has 1 amide bonds. The molecule has 200 valence electrons. The van der Waals surface area contributed by atoms with Gasteiger partial charge in [-0.3, -0.25) is 4.79 Å². The van der Waals surface area contributed by atoms with E-state index < -0.39 is 23.6 Å². The van der Waals surface area contributed by atoms with Crippen LogP contribution in [-0.4, -0.2) is 54.5 Å². The Morgan fingerprint density at radius 2 is 2.00 bits per heavy atom. The minimum atomic E-state index is -0.943. The maximum Gasteiger partial charge on any atom is 0.315 e. The zero-order valence-corrected chi connectivity index (χ0v) is 21.1. The van der Waals surface area contributed by atoms with E-state index in [4.69, 9.17) is 4.42 Å². The fourth-order valence-corrected chi connectivity index (χ4v) is 4.11. The number of carbonyl (C=O) groups is 1. The average molecular weight is 527 g/mol. The number of hydrogen-bond acceptors (Lipinski definition) is 9. The topological polar surface area (TPSA) is 142 Å².